The van der Waals surface area contributed by atoms with Crippen LogP contribution in [0, 0.1) is 0 Å². The summed E-state index contributed by atoms with van der Waals surface area (Å²) in [5.74, 6) is 0.294. The Labute approximate surface area is 151 Å². The summed E-state index contributed by atoms with van der Waals surface area (Å²) in [6.07, 6.45) is 1.78. The van der Waals surface area contributed by atoms with Crippen molar-refractivity contribution in [3.05, 3.63) is 72.6 Å². The molecule has 1 aromatic heterocycles. The van der Waals surface area contributed by atoms with Crippen LogP contribution in [0.2, 0.25) is 0 Å². The number of ether oxygens (including phenoxy) is 1. The van der Waals surface area contributed by atoms with Gasteiger partial charge in [-0.25, -0.2) is 14.8 Å². The molecule has 132 valence electrons. The number of carboxylic acid groups (broad SMARTS) is 1. The summed E-state index contributed by atoms with van der Waals surface area (Å²) >= 11 is 0. The number of hydrogen-bond acceptors (Lipinski definition) is 5. The van der Waals surface area contributed by atoms with Gasteiger partial charge in [-0.15, -0.1) is 0 Å². The van der Waals surface area contributed by atoms with Crippen molar-refractivity contribution in [1.82, 2.24) is 9.97 Å². The van der Waals surface area contributed by atoms with Crippen LogP contribution in [0.5, 0.6) is 5.75 Å². The lowest BCUT2D eigenvalue weighted by atomic mass is 10.1. The molecule has 6 nitrogen and oxygen atoms in total. The van der Waals surface area contributed by atoms with Crippen LogP contribution in [0.4, 0.5) is 5.82 Å². The molecule has 3 rings (SSSR count). The number of nitrogens with one attached hydrogen (secondary N) is 1. The van der Waals surface area contributed by atoms with Crippen molar-refractivity contribution < 1.29 is 14.6 Å². The Balaban J connectivity index is 1.78. The molecule has 0 aliphatic carbocycles. The third-order valence-corrected chi connectivity index (χ3v) is 3.96. The molecule has 0 fully saturated rings. The van der Waals surface area contributed by atoms with E-state index in [1.54, 1.807) is 13.2 Å². The highest BCUT2D eigenvalue weighted by Crippen LogP contribution is 2.22. The number of aliphatic carboxylic acids is 1. The second-order valence-corrected chi connectivity index (χ2v) is 5.74. The lowest BCUT2D eigenvalue weighted by molar-refractivity contribution is -0.137. The van der Waals surface area contributed by atoms with Gasteiger partial charge in [-0.3, -0.25) is 0 Å². The first-order valence-corrected chi connectivity index (χ1v) is 8.15. The van der Waals surface area contributed by atoms with Gasteiger partial charge in [-0.05, 0) is 29.8 Å². The molecule has 0 aliphatic heterocycles. The van der Waals surface area contributed by atoms with Crippen molar-refractivity contribution in [2.24, 2.45) is 0 Å². The first kappa shape index (κ1) is 17.4. The van der Waals surface area contributed by atoms with Gasteiger partial charge >= 0.3 is 5.97 Å². The Kier molecular flexibility index (Phi) is 5.43. The van der Waals surface area contributed by atoms with Gasteiger partial charge in [0.15, 0.2) is 0 Å². The van der Waals surface area contributed by atoms with E-state index in [9.17, 15) is 9.90 Å². The minimum atomic E-state index is -0.932. The van der Waals surface area contributed by atoms with E-state index in [1.165, 1.54) is 6.33 Å². The van der Waals surface area contributed by atoms with E-state index in [0.717, 1.165) is 16.9 Å². The first-order valence-electron chi connectivity index (χ1n) is 8.15. The fraction of sp³-hybridized carbons (Fsp3) is 0.150. The predicted molar refractivity (Wildman–Crippen MR) is 99.2 cm³/mol. The number of anilines is 1. The molecule has 26 heavy (non-hydrogen) atoms. The number of benzene rings is 2. The molecule has 1 heterocycles. The lowest BCUT2D eigenvalue weighted by Gasteiger charge is -2.15. The van der Waals surface area contributed by atoms with Gasteiger partial charge in [0.25, 0.3) is 0 Å². The monoisotopic (exact) mass is 349 g/mol. The summed E-state index contributed by atoms with van der Waals surface area (Å²) in [6, 6.07) is 17.9. The molecule has 1 atom stereocenters. The zero-order chi connectivity index (χ0) is 18.4. The molecule has 0 saturated heterocycles. The standard InChI is InChI=1S/C20H19N3O3/c1-26-16-9-7-15(8-10-16)17-12-19(22-13-21-17)23-18(20(24)25)11-14-5-3-2-4-6-14/h2-10,12-13,18H,11H2,1H3,(H,24,25)(H,21,22,23). The van der Waals surface area contributed by atoms with E-state index in [1.807, 2.05) is 54.6 Å². The zero-order valence-corrected chi connectivity index (χ0v) is 14.3. The molecule has 6 heteroatoms. The molecule has 0 aliphatic rings. The highest BCUT2D eigenvalue weighted by atomic mass is 16.5. The highest BCUT2D eigenvalue weighted by Gasteiger charge is 2.18. The van der Waals surface area contributed by atoms with Gasteiger partial charge in [-0.2, -0.15) is 0 Å². The fourth-order valence-corrected chi connectivity index (χ4v) is 2.58. The van der Waals surface area contributed by atoms with E-state index < -0.39 is 12.0 Å². The van der Waals surface area contributed by atoms with Crippen molar-refractivity contribution in [1.29, 1.82) is 0 Å². The fourth-order valence-electron chi connectivity index (χ4n) is 2.58. The Morgan fingerprint density at radius 3 is 2.50 bits per heavy atom. The highest BCUT2D eigenvalue weighted by molar-refractivity contribution is 5.77. The topological polar surface area (TPSA) is 84.3 Å². The van der Waals surface area contributed by atoms with E-state index in [-0.39, 0.29) is 0 Å². The molecule has 2 N–H and O–H groups in total. The largest absolute Gasteiger partial charge is 0.497 e. The van der Waals surface area contributed by atoms with Gasteiger partial charge in [0.1, 0.15) is 23.9 Å². The quantitative estimate of drug-likeness (QED) is 0.681. The number of carbonyl (C=O) groups is 1. The third-order valence-electron chi connectivity index (χ3n) is 3.96. The Morgan fingerprint density at radius 2 is 1.85 bits per heavy atom. The molecular weight excluding hydrogens is 330 g/mol. The van der Waals surface area contributed by atoms with Crippen molar-refractivity contribution in [2.75, 3.05) is 12.4 Å². The Bertz CT molecular complexity index is 867. The van der Waals surface area contributed by atoms with Crippen LogP contribution < -0.4 is 10.1 Å². The first-order chi connectivity index (χ1) is 12.7. The number of hydrogen-bond donors (Lipinski definition) is 2. The van der Waals surface area contributed by atoms with Gasteiger partial charge in [0.05, 0.1) is 12.8 Å². The average Bonchev–Trinajstić information content (AvgIpc) is 2.68. The van der Waals surface area contributed by atoms with Gasteiger partial charge < -0.3 is 15.2 Å². The average molecular weight is 349 g/mol. The van der Waals surface area contributed by atoms with Crippen LogP contribution in [0.1, 0.15) is 5.56 Å². The molecule has 0 spiro atoms. The zero-order valence-electron chi connectivity index (χ0n) is 14.3. The molecule has 0 amide bonds. The maximum absolute atomic E-state index is 11.6. The summed E-state index contributed by atoms with van der Waals surface area (Å²) in [7, 11) is 1.61. The molecule has 2 aromatic carbocycles. The summed E-state index contributed by atoms with van der Waals surface area (Å²) in [4.78, 5) is 20.0. The molecule has 1 unspecified atom stereocenters. The van der Waals surface area contributed by atoms with Crippen molar-refractivity contribution >= 4 is 11.8 Å². The minimum absolute atomic E-state index is 0.359. The second-order valence-electron chi connectivity index (χ2n) is 5.74. The maximum atomic E-state index is 11.6. The summed E-state index contributed by atoms with van der Waals surface area (Å²) < 4.78 is 5.15. The van der Waals surface area contributed by atoms with Crippen LogP contribution in [-0.2, 0) is 11.2 Å². The van der Waals surface area contributed by atoms with E-state index in [2.05, 4.69) is 15.3 Å². The van der Waals surface area contributed by atoms with Crippen molar-refractivity contribution in [3.8, 4) is 17.0 Å². The second kappa shape index (κ2) is 8.11. The van der Waals surface area contributed by atoms with Gasteiger partial charge in [-0.1, -0.05) is 30.3 Å². The molecule has 0 radical (unpaired) electrons. The number of aromatic nitrogens is 2. The minimum Gasteiger partial charge on any atom is -0.497 e. The van der Waals surface area contributed by atoms with Crippen LogP contribution >= 0.6 is 0 Å². The number of nitrogens with zero attached hydrogens (tertiary/aromatic N) is 2. The van der Waals surface area contributed by atoms with Crippen LogP contribution in [0.3, 0.4) is 0 Å². The molecular formula is C20H19N3O3. The maximum Gasteiger partial charge on any atom is 0.326 e. The smallest absolute Gasteiger partial charge is 0.326 e. The SMILES string of the molecule is COc1ccc(-c2cc(NC(Cc3ccccc3)C(=O)O)ncn2)cc1. The van der Waals surface area contributed by atoms with Crippen LogP contribution in [0.25, 0.3) is 11.3 Å². The normalized spacial score (nSPS) is 11.6. The summed E-state index contributed by atoms with van der Waals surface area (Å²) in [5, 5.41) is 12.5. The van der Waals surface area contributed by atoms with E-state index in [4.69, 9.17) is 4.74 Å². The molecule has 3 aromatic rings. The molecule has 0 saturated carbocycles. The van der Waals surface area contributed by atoms with E-state index >= 15 is 0 Å². The van der Waals surface area contributed by atoms with E-state index in [0.29, 0.717) is 17.9 Å². The Hall–Kier alpha value is -3.41. The van der Waals surface area contributed by atoms with Gasteiger partial charge in [0.2, 0.25) is 0 Å². The van der Waals surface area contributed by atoms with Crippen molar-refractivity contribution in [3.63, 3.8) is 0 Å². The number of carboxylic acids is 1. The third kappa shape index (κ3) is 4.36. The predicted octanol–water partition coefficient (Wildman–Crippen LogP) is 3.26. The van der Waals surface area contributed by atoms with Crippen molar-refractivity contribution in [2.45, 2.75) is 12.5 Å². The molecule has 0 bridgehead atoms. The van der Waals surface area contributed by atoms with Crippen LogP contribution in [-0.4, -0.2) is 34.2 Å². The Morgan fingerprint density at radius 1 is 1.12 bits per heavy atom. The number of methoxy groups -OCH3 is 1. The van der Waals surface area contributed by atoms with Gasteiger partial charge in [0, 0.05) is 18.1 Å². The van der Waals surface area contributed by atoms with Crippen LogP contribution in [0.15, 0.2) is 67.0 Å². The number of rotatable bonds is 7. The summed E-state index contributed by atoms with van der Waals surface area (Å²) in [5.41, 5.74) is 2.54. The lowest BCUT2D eigenvalue weighted by Crippen LogP contribution is -2.31. The summed E-state index contributed by atoms with van der Waals surface area (Å²) in [6.45, 7) is 0.